The van der Waals surface area contributed by atoms with Crippen molar-refractivity contribution < 1.29 is 33.4 Å². The summed E-state index contributed by atoms with van der Waals surface area (Å²) < 4.78 is 20.3. The van der Waals surface area contributed by atoms with Gasteiger partial charge in [0.25, 0.3) is 5.91 Å². The second-order valence-electron chi connectivity index (χ2n) is 10.3. The number of carboxylic acid groups (broad SMARTS) is 1. The van der Waals surface area contributed by atoms with Gasteiger partial charge in [-0.1, -0.05) is 17.7 Å². The Morgan fingerprint density at radius 1 is 1.09 bits per heavy atom. The van der Waals surface area contributed by atoms with E-state index in [1.165, 1.54) is 30.0 Å². The van der Waals surface area contributed by atoms with E-state index in [1.54, 1.807) is 47.4 Å². The molecule has 1 saturated carbocycles. The molecule has 0 spiro atoms. The van der Waals surface area contributed by atoms with E-state index in [4.69, 9.17) is 22.1 Å². The number of carbonyl (C=O) groups excluding carboxylic acids is 3. The van der Waals surface area contributed by atoms with Gasteiger partial charge < -0.3 is 25.0 Å². The first-order valence-corrected chi connectivity index (χ1v) is 13.7. The predicted molar refractivity (Wildman–Crippen MR) is 153 cm³/mol. The number of aromatic nitrogens is 3. The minimum absolute atomic E-state index is 0.0190. The molecular formula is C30H27ClFN5O6. The quantitative estimate of drug-likeness (QED) is 0.286. The number of halogens is 2. The first kappa shape index (κ1) is 29.6. The van der Waals surface area contributed by atoms with Gasteiger partial charge in [-0.05, 0) is 62.1 Å². The van der Waals surface area contributed by atoms with Gasteiger partial charge in [0.15, 0.2) is 17.4 Å². The smallest absolute Gasteiger partial charge is 0.326 e. The molecule has 2 aliphatic rings. The lowest BCUT2D eigenvalue weighted by Crippen LogP contribution is -2.44. The van der Waals surface area contributed by atoms with Crippen LogP contribution in [0.5, 0.6) is 5.75 Å². The van der Waals surface area contributed by atoms with Crippen LogP contribution in [0.15, 0.2) is 61.1 Å². The minimum atomic E-state index is -0.962. The Bertz CT molecular complexity index is 1730. The number of likely N-dealkylation sites (tertiary alicyclic amines) is 1. The van der Waals surface area contributed by atoms with Crippen molar-refractivity contribution in [2.24, 2.45) is 11.7 Å². The first-order chi connectivity index (χ1) is 20.5. The van der Waals surface area contributed by atoms with E-state index in [0.29, 0.717) is 40.4 Å². The number of ether oxygens (including phenoxy) is 1. The molecule has 4 aromatic rings. The van der Waals surface area contributed by atoms with Crippen molar-refractivity contribution in [3.63, 3.8) is 0 Å². The van der Waals surface area contributed by atoms with Crippen molar-refractivity contribution in [3.05, 3.63) is 88.8 Å². The van der Waals surface area contributed by atoms with Crippen LogP contribution in [-0.4, -0.2) is 60.2 Å². The molecule has 0 radical (unpaired) electrons. The van der Waals surface area contributed by atoms with Crippen molar-refractivity contribution in [3.8, 4) is 5.75 Å². The molecule has 1 aliphatic heterocycles. The summed E-state index contributed by atoms with van der Waals surface area (Å²) in [4.78, 5) is 57.1. The molecule has 3 atom stereocenters. The molecular weight excluding hydrogens is 581 g/mol. The second kappa shape index (κ2) is 12.2. The lowest BCUT2D eigenvalue weighted by atomic mass is 10.1. The molecule has 1 saturated heterocycles. The predicted octanol–water partition coefficient (Wildman–Crippen LogP) is 3.86. The van der Waals surface area contributed by atoms with Gasteiger partial charge in [-0.15, -0.1) is 0 Å². The molecule has 222 valence electrons. The molecule has 0 unspecified atom stereocenters. The zero-order valence-electron chi connectivity index (χ0n) is 22.9. The number of carboxylic acids is 1. The summed E-state index contributed by atoms with van der Waals surface area (Å²) in [6, 6.07) is 10.4. The van der Waals surface area contributed by atoms with Gasteiger partial charge in [-0.25, -0.2) is 19.2 Å². The maximum Gasteiger partial charge on any atom is 0.326 e. The molecule has 6 rings (SSSR count). The Kier molecular flexibility index (Phi) is 8.40. The highest BCUT2D eigenvalue weighted by molar-refractivity contribution is 6.31. The lowest BCUT2D eigenvalue weighted by molar-refractivity contribution is -0.149. The Labute approximate surface area is 250 Å². The summed E-state index contributed by atoms with van der Waals surface area (Å²) in [5.74, 6) is -1.51. The monoisotopic (exact) mass is 607 g/mol. The molecule has 2 aromatic heterocycles. The fraction of sp³-hybridized carbons (Fsp3) is 0.267. The third-order valence-electron chi connectivity index (χ3n) is 7.42. The Morgan fingerprint density at radius 2 is 1.84 bits per heavy atom. The van der Waals surface area contributed by atoms with Crippen molar-refractivity contribution >= 4 is 46.1 Å². The van der Waals surface area contributed by atoms with Crippen LogP contribution in [0.4, 0.5) is 4.39 Å². The zero-order chi connectivity index (χ0) is 30.8. The summed E-state index contributed by atoms with van der Waals surface area (Å²) in [6.07, 6.45) is 6.32. The molecule has 13 heteroatoms. The molecule has 3 heterocycles. The molecule has 2 fully saturated rings. The SMILES string of the molecule is CC(=O)c1cn(CC(=O)N2[C@@H]3C[C@@H]3C[C@H]2C(=O)O)c2ccc(OCc3ncccn3)cc12.NC(=O)c1cccc(Cl)c1F. The molecule has 3 N–H and O–H groups in total. The van der Waals surface area contributed by atoms with Crippen molar-refractivity contribution in [1.29, 1.82) is 0 Å². The summed E-state index contributed by atoms with van der Waals surface area (Å²) in [6.45, 7) is 1.64. The Morgan fingerprint density at radius 3 is 2.49 bits per heavy atom. The average molecular weight is 608 g/mol. The number of benzene rings is 2. The van der Waals surface area contributed by atoms with E-state index in [0.717, 1.165) is 6.42 Å². The highest BCUT2D eigenvalue weighted by atomic mass is 35.5. The number of amides is 2. The van der Waals surface area contributed by atoms with Gasteiger partial charge in [0.1, 0.15) is 24.9 Å². The molecule has 0 bridgehead atoms. The van der Waals surface area contributed by atoms with Crippen LogP contribution in [0.3, 0.4) is 0 Å². The third kappa shape index (κ3) is 6.33. The van der Waals surface area contributed by atoms with Gasteiger partial charge in [-0.2, -0.15) is 0 Å². The van der Waals surface area contributed by atoms with Crippen LogP contribution in [0, 0.1) is 11.7 Å². The molecule has 1 aliphatic carbocycles. The molecule has 2 aromatic carbocycles. The Hall–Kier alpha value is -4.84. The molecule has 43 heavy (non-hydrogen) atoms. The molecule has 11 nitrogen and oxygen atoms in total. The van der Waals surface area contributed by atoms with Crippen molar-refractivity contribution in [2.45, 2.75) is 45.0 Å². The highest BCUT2D eigenvalue weighted by Crippen LogP contribution is 2.48. The summed E-state index contributed by atoms with van der Waals surface area (Å²) in [7, 11) is 0. The van der Waals surface area contributed by atoms with Gasteiger partial charge in [0, 0.05) is 41.1 Å². The lowest BCUT2D eigenvalue weighted by Gasteiger charge is -2.24. The second-order valence-corrected chi connectivity index (χ2v) is 10.7. The zero-order valence-corrected chi connectivity index (χ0v) is 23.7. The number of nitrogens with zero attached hydrogens (tertiary/aromatic N) is 4. The fourth-order valence-electron chi connectivity index (χ4n) is 5.29. The van der Waals surface area contributed by atoms with Crippen LogP contribution in [0.25, 0.3) is 10.9 Å². The number of fused-ring (bicyclic) bond motifs is 2. The van der Waals surface area contributed by atoms with Crippen LogP contribution >= 0.6 is 11.6 Å². The van der Waals surface area contributed by atoms with E-state index in [-0.39, 0.29) is 41.5 Å². The van der Waals surface area contributed by atoms with Gasteiger partial charge in [-0.3, -0.25) is 14.4 Å². The molecule has 2 amide bonds. The number of hydrogen-bond acceptors (Lipinski definition) is 7. The summed E-state index contributed by atoms with van der Waals surface area (Å²) in [5, 5.41) is 10.1. The van der Waals surface area contributed by atoms with E-state index in [1.807, 2.05) is 0 Å². The number of rotatable bonds is 8. The number of nitrogens with two attached hydrogens (primary N) is 1. The van der Waals surface area contributed by atoms with Crippen molar-refractivity contribution in [1.82, 2.24) is 19.4 Å². The normalized spacial score (nSPS) is 18.4. The van der Waals surface area contributed by atoms with Crippen LogP contribution in [0.1, 0.15) is 46.3 Å². The topological polar surface area (TPSA) is 158 Å². The van der Waals surface area contributed by atoms with Gasteiger partial charge in [0.2, 0.25) is 5.91 Å². The number of primary amides is 1. The van der Waals surface area contributed by atoms with Gasteiger partial charge in [0.05, 0.1) is 10.6 Å². The summed E-state index contributed by atoms with van der Waals surface area (Å²) >= 11 is 5.38. The first-order valence-electron chi connectivity index (χ1n) is 13.4. The van der Waals surface area contributed by atoms with E-state index in [9.17, 15) is 28.7 Å². The van der Waals surface area contributed by atoms with E-state index in [2.05, 4.69) is 9.97 Å². The fourth-order valence-corrected chi connectivity index (χ4v) is 5.46. The highest BCUT2D eigenvalue weighted by Gasteiger charge is 2.56. The maximum absolute atomic E-state index is 13.0. The average Bonchev–Trinajstić information content (AvgIpc) is 3.49. The van der Waals surface area contributed by atoms with Gasteiger partial charge >= 0.3 is 5.97 Å². The van der Waals surface area contributed by atoms with Crippen molar-refractivity contribution in [2.75, 3.05) is 0 Å². The maximum atomic E-state index is 13.0. The number of Topliss-reactive ketones (excluding diaryl/α,β-unsaturated/α-hetero) is 1. The third-order valence-corrected chi connectivity index (χ3v) is 7.71. The van der Waals surface area contributed by atoms with E-state index < -0.39 is 23.7 Å². The minimum Gasteiger partial charge on any atom is -0.486 e. The van der Waals surface area contributed by atoms with Crippen LogP contribution < -0.4 is 10.5 Å². The van der Waals surface area contributed by atoms with Crippen LogP contribution in [-0.2, 0) is 22.7 Å². The van der Waals surface area contributed by atoms with E-state index >= 15 is 0 Å². The Balaban J connectivity index is 0.000000283. The largest absolute Gasteiger partial charge is 0.486 e. The number of ketones is 1. The standard InChI is InChI=1S/C23H22N4O5.C7H5ClFNO/c1-13(28)17-10-26(11-22(29)27-19-7-14(19)8-20(27)23(30)31)18-4-3-15(9-16(17)18)32-12-21-24-5-2-6-25-21;8-5-3-1-2-4(6(5)9)7(10)11/h2-6,9-10,14,19-20H,7-8,11-12H2,1H3,(H,30,31);1-3H,(H2,10,11)/t14-,19-,20+;/m1./s1. The number of carbonyl (C=O) groups is 4. The number of aliphatic carboxylic acids is 1. The van der Waals surface area contributed by atoms with Crippen LogP contribution in [0.2, 0.25) is 5.02 Å². The summed E-state index contributed by atoms with van der Waals surface area (Å²) in [5.41, 5.74) is 5.86. The number of hydrogen-bond donors (Lipinski definition) is 2. The number of piperidine rings is 1.